The molecule has 1 aromatic rings. The van der Waals surface area contributed by atoms with E-state index >= 15 is 0 Å². The van der Waals surface area contributed by atoms with Gasteiger partial charge in [-0.15, -0.1) is 0 Å². The normalized spacial score (nSPS) is 14.4. The third kappa shape index (κ3) is 1.75. The van der Waals surface area contributed by atoms with E-state index in [2.05, 4.69) is 12.1 Å². The maximum absolute atomic E-state index is 11.8. The second-order valence-electron chi connectivity index (χ2n) is 3.19. The predicted octanol–water partition coefficient (Wildman–Crippen LogP) is 2.75. The van der Waals surface area contributed by atoms with Crippen molar-refractivity contribution in [2.24, 2.45) is 0 Å². The van der Waals surface area contributed by atoms with Crippen molar-refractivity contribution in [3.8, 4) is 0 Å². The van der Waals surface area contributed by atoms with Gasteiger partial charge in [0.05, 0.1) is 0 Å². The monoisotopic (exact) mass is 182 g/mol. The van der Waals surface area contributed by atoms with Crippen molar-refractivity contribution < 1.29 is 4.79 Å². The maximum atomic E-state index is 11.8. The van der Waals surface area contributed by atoms with Gasteiger partial charge in [0, 0.05) is 11.1 Å². The summed E-state index contributed by atoms with van der Waals surface area (Å²) in [6.07, 6.45) is 7.90. The van der Waals surface area contributed by atoms with Crippen LogP contribution >= 0.6 is 0 Å². The molecule has 0 heterocycles. The largest absolute Gasteiger partial charge is 0.289 e. The lowest BCUT2D eigenvalue weighted by atomic mass is 9.99. The first-order valence-electron chi connectivity index (χ1n) is 4.67. The van der Waals surface area contributed by atoms with E-state index in [0.29, 0.717) is 5.56 Å². The Balaban J connectivity index is 2.25. The van der Waals surface area contributed by atoms with E-state index < -0.39 is 0 Å². The van der Waals surface area contributed by atoms with Crippen LogP contribution in [0.5, 0.6) is 0 Å². The van der Waals surface area contributed by atoms with Gasteiger partial charge in [-0.25, -0.2) is 0 Å². The van der Waals surface area contributed by atoms with Gasteiger partial charge in [0.1, 0.15) is 0 Å². The fraction of sp³-hybridized carbons (Fsp3) is 0.154. The fourth-order valence-electron chi connectivity index (χ4n) is 1.44. The molecule has 0 bridgehead atoms. The summed E-state index contributed by atoms with van der Waals surface area (Å²) in [4.78, 5) is 11.8. The summed E-state index contributed by atoms with van der Waals surface area (Å²) in [6.45, 7) is 0. The number of Topliss-reactive ketones (excluding diaryl/α,β-unsaturated/α-hetero) is 1. The van der Waals surface area contributed by atoms with Crippen molar-refractivity contribution in [3.05, 3.63) is 59.7 Å². The van der Waals surface area contributed by atoms with Crippen LogP contribution in [-0.4, -0.2) is 5.78 Å². The number of hydrogen-bond donors (Lipinski definition) is 0. The van der Waals surface area contributed by atoms with E-state index in [4.69, 9.17) is 0 Å². The lowest BCUT2D eigenvalue weighted by Crippen LogP contribution is -2.02. The Labute approximate surface area is 83.8 Å². The third-order valence-electron chi connectivity index (χ3n) is 2.18. The highest BCUT2D eigenvalue weighted by Crippen LogP contribution is 2.14. The van der Waals surface area contributed by atoms with Crippen molar-refractivity contribution >= 4 is 5.78 Å². The minimum Gasteiger partial charge on any atom is -0.289 e. The number of allylic oxidation sites excluding steroid dienone is 4. The molecule has 0 aliphatic heterocycles. The molecule has 0 fully saturated rings. The lowest BCUT2D eigenvalue weighted by molar-refractivity contribution is 0.103. The average Bonchev–Trinajstić information content (AvgIpc) is 2.30. The van der Waals surface area contributed by atoms with Crippen molar-refractivity contribution in [1.29, 1.82) is 0 Å². The molecule has 68 valence electrons. The third-order valence-corrected chi connectivity index (χ3v) is 2.18. The molecule has 0 spiro atoms. The van der Waals surface area contributed by atoms with E-state index in [-0.39, 0.29) is 5.78 Å². The SMILES string of the molecule is O=C(C1=CCCC=C1)c1cc#ccc1. The topological polar surface area (TPSA) is 17.1 Å². The molecule has 1 heteroatoms. The zero-order valence-electron chi connectivity index (χ0n) is 7.79. The average molecular weight is 182 g/mol. The van der Waals surface area contributed by atoms with Gasteiger partial charge < -0.3 is 0 Å². The molecule has 0 aromatic heterocycles. The van der Waals surface area contributed by atoms with E-state index in [1.54, 1.807) is 18.2 Å². The Bertz CT molecular complexity index is 385. The molecule has 0 N–H and O–H groups in total. The van der Waals surface area contributed by atoms with Crippen LogP contribution in [-0.2, 0) is 0 Å². The number of carbonyl (C=O) groups excluding carboxylic acids is 1. The standard InChI is InChI=1S/C13H10O/c14-13(11-7-3-1-4-8-11)12-9-5-2-6-10-12/h3,5,7-10H,1,4H2. The molecule has 1 aliphatic carbocycles. The molecule has 1 nitrogen and oxygen atoms in total. The number of rotatable bonds is 2. The van der Waals surface area contributed by atoms with E-state index in [0.717, 1.165) is 18.4 Å². The van der Waals surface area contributed by atoms with Gasteiger partial charge in [-0.3, -0.25) is 4.79 Å². The predicted molar refractivity (Wildman–Crippen MR) is 54.9 cm³/mol. The first kappa shape index (κ1) is 8.77. The Morgan fingerprint density at radius 2 is 2.21 bits per heavy atom. The molecule has 0 saturated heterocycles. The Hall–Kier alpha value is -1.81. The first-order valence-corrected chi connectivity index (χ1v) is 4.67. The minimum atomic E-state index is 0.0752. The summed E-state index contributed by atoms with van der Waals surface area (Å²) < 4.78 is 0. The highest BCUT2D eigenvalue weighted by molar-refractivity contribution is 6.10. The molecule has 2 rings (SSSR count). The van der Waals surface area contributed by atoms with Crippen LogP contribution in [0.1, 0.15) is 23.2 Å². The molecule has 14 heavy (non-hydrogen) atoms. The quantitative estimate of drug-likeness (QED) is 0.643. The minimum absolute atomic E-state index is 0.0752. The molecular weight excluding hydrogens is 172 g/mol. The van der Waals surface area contributed by atoms with Crippen molar-refractivity contribution in [2.45, 2.75) is 12.8 Å². The van der Waals surface area contributed by atoms with Gasteiger partial charge in [-0.1, -0.05) is 30.4 Å². The zero-order valence-corrected chi connectivity index (χ0v) is 7.79. The molecular formula is C13H10O. The summed E-state index contributed by atoms with van der Waals surface area (Å²) in [5, 5.41) is 0. The number of ketones is 1. The van der Waals surface area contributed by atoms with Crippen molar-refractivity contribution in [3.63, 3.8) is 0 Å². The molecule has 1 aromatic carbocycles. The van der Waals surface area contributed by atoms with Crippen molar-refractivity contribution in [1.82, 2.24) is 0 Å². The maximum Gasteiger partial charge on any atom is 0.193 e. The van der Waals surface area contributed by atoms with Crippen molar-refractivity contribution in [2.75, 3.05) is 0 Å². The van der Waals surface area contributed by atoms with Gasteiger partial charge in [-0.05, 0) is 31.0 Å². The zero-order chi connectivity index (χ0) is 9.80. The lowest BCUT2D eigenvalue weighted by Gasteiger charge is -2.04. The van der Waals surface area contributed by atoms with Gasteiger partial charge in [0.25, 0.3) is 0 Å². The van der Waals surface area contributed by atoms with Crippen LogP contribution in [0.25, 0.3) is 0 Å². The van der Waals surface area contributed by atoms with Gasteiger partial charge in [-0.2, -0.15) is 0 Å². The summed E-state index contributed by atoms with van der Waals surface area (Å²) in [5.41, 5.74) is 1.47. The van der Waals surface area contributed by atoms with Crippen LogP contribution < -0.4 is 0 Å². The number of carbonyl (C=O) groups is 1. The molecule has 0 radical (unpaired) electrons. The van der Waals surface area contributed by atoms with Gasteiger partial charge >= 0.3 is 0 Å². The summed E-state index contributed by atoms with van der Waals surface area (Å²) in [6, 6.07) is 10.7. The van der Waals surface area contributed by atoms with Gasteiger partial charge in [0.15, 0.2) is 5.78 Å². The fourth-order valence-corrected chi connectivity index (χ4v) is 1.44. The Kier molecular flexibility index (Phi) is 2.46. The molecule has 0 unspecified atom stereocenters. The first-order chi connectivity index (χ1) is 6.88. The molecule has 0 saturated carbocycles. The molecule has 0 amide bonds. The van der Waals surface area contributed by atoms with Crippen LogP contribution in [0.15, 0.2) is 42.0 Å². The smallest absolute Gasteiger partial charge is 0.193 e. The molecule has 0 atom stereocenters. The molecule has 1 aliphatic rings. The summed E-state index contributed by atoms with van der Waals surface area (Å²) in [5.74, 6) is 0.0752. The van der Waals surface area contributed by atoms with E-state index in [1.165, 1.54) is 0 Å². The van der Waals surface area contributed by atoms with Crippen LogP contribution in [0.4, 0.5) is 0 Å². The van der Waals surface area contributed by atoms with Crippen LogP contribution in [0, 0.1) is 12.1 Å². The van der Waals surface area contributed by atoms with Gasteiger partial charge in [0.2, 0.25) is 0 Å². The van der Waals surface area contributed by atoms with Crippen LogP contribution in [0.3, 0.4) is 0 Å². The highest BCUT2D eigenvalue weighted by Gasteiger charge is 2.09. The van der Waals surface area contributed by atoms with Crippen LogP contribution in [0.2, 0.25) is 0 Å². The highest BCUT2D eigenvalue weighted by atomic mass is 16.1. The van der Waals surface area contributed by atoms with E-state index in [1.807, 2.05) is 18.2 Å². The Morgan fingerprint density at radius 1 is 1.29 bits per heavy atom. The second-order valence-corrected chi connectivity index (χ2v) is 3.19. The second kappa shape index (κ2) is 3.93. The number of hydrogen-bond acceptors (Lipinski definition) is 1. The van der Waals surface area contributed by atoms with E-state index in [9.17, 15) is 4.79 Å². The summed E-state index contributed by atoms with van der Waals surface area (Å²) in [7, 11) is 0. The Morgan fingerprint density at radius 3 is 2.86 bits per heavy atom. The summed E-state index contributed by atoms with van der Waals surface area (Å²) >= 11 is 0.